The minimum Gasteiger partial charge on any atom is -0.460 e. The lowest BCUT2D eigenvalue weighted by Crippen LogP contribution is -2.34. The predicted octanol–water partition coefficient (Wildman–Crippen LogP) is 1.46. The third-order valence-corrected chi connectivity index (χ3v) is 3.92. The zero-order chi connectivity index (χ0) is 13.1. The van der Waals surface area contributed by atoms with Crippen molar-refractivity contribution in [1.29, 1.82) is 0 Å². The minimum atomic E-state index is -0.941. The van der Waals surface area contributed by atoms with E-state index in [1.807, 2.05) is 0 Å². The van der Waals surface area contributed by atoms with Crippen molar-refractivity contribution >= 4 is 11.9 Å². The first-order chi connectivity index (χ1) is 8.48. The van der Waals surface area contributed by atoms with Crippen molar-refractivity contribution in [2.24, 2.45) is 5.41 Å². The van der Waals surface area contributed by atoms with E-state index in [0.717, 1.165) is 5.57 Å². The highest BCUT2D eigenvalue weighted by Crippen LogP contribution is 2.53. The van der Waals surface area contributed by atoms with Crippen LogP contribution in [0.15, 0.2) is 47.6 Å². The number of hydrogen-bond acceptors (Lipinski definition) is 4. The Hall–Kier alpha value is -2.10. The van der Waals surface area contributed by atoms with E-state index in [4.69, 9.17) is 9.47 Å². The first-order valence-corrected chi connectivity index (χ1v) is 5.62. The van der Waals surface area contributed by atoms with E-state index in [0.29, 0.717) is 28.7 Å². The molecule has 0 aromatic carbocycles. The van der Waals surface area contributed by atoms with Crippen LogP contribution in [0.2, 0.25) is 0 Å². The Morgan fingerprint density at radius 3 is 2.39 bits per heavy atom. The van der Waals surface area contributed by atoms with Gasteiger partial charge in [-0.15, -0.1) is 0 Å². The van der Waals surface area contributed by atoms with Gasteiger partial charge in [0.1, 0.15) is 18.6 Å². The lowest BCUT2D eigenvalue weighted by atomic mass is 9.64. The largest absolute Gasteiger partial charge is 0.460 e. The van der Waals surface area contributed by atoms with Gasteiger partial charge >= 0.3 is 11.9 Å². The van der Waals surface area contributed by atoms with Crippen molar-refractivity contribution < 1.29 is 19.1 Å². The maximum absolute atomic E-state index is 12.1. The topological polar surface area (TPSA) is 52.6 Å². The van der Waals surface area contributed by atoms with Crippen molar-refractivity contribution in [1.82, 2.24) is 0 Å². The van der Waals surface area contributed by atoms with Gasteiger partial charge in [-0.2, -0.15) is 0 Å². The van der Waals surface area contributed by atoms with Crippen molar-refractivity contribution in [3.63, 3.8) is 0 Å². The van der Waals surface area contributed by atoms with Gasteiger partial charge in [0.05, 0.1) is 5.57 Å². The second kappa shape index (κ2) is 3.22. The van der Waals surface area contributed by atoms with Crippen LogP contribution in [0, 0.1) is 5.41 Å². The maximum atomic E-state index is 12.1. The van der Waals surface area contributed by atoms with Crippen molar-refractivity contribution in [2.75, 3.05) is 13.2 Å². The molecule has 1 aliphatic carbocycles. The smallest absolute Gasteiger partial charge is 0.339 e. The molecule has 0 N–H and O–H groups in total. The van der Waals surface area contributed by atoms with Crippen LogP contribution in [-0.2, 0) is 19.1 Å². The van der Waals surface area contributed by atoms with Crippen molar-refractivity contribution in [2.45, 2.75) is 6.42 Å². The molecule has 2 aliphatic heterocycles. The van der Waals surface area contributed by atoms with E-state index < -0.39 is 5.41 Å². The van der Waals surface area contributed by atoms with Gasteiger partial charge in [-0.1, -0.05) is 19.7 Å². The van der Waals surface area contributed by atoms with Gasteiger partial charge < -0.3 is 9.47 Å². The van der Waals surface area contributed by atoms with Crippen molar-refractivity contribution in [3.05, 3.63) is 47.6 Å². The van der Waals surface area contributed by atoms with Crippen LogP contribution in [-0.4, -0.2) is 25.2 Å². The standard InChI is InChI=1S/C14H12O4/c1-7-5-18-13(16)14(7)4-10-6-17-12(15)11(10)8(2)9(14)3/h1-6H2. The summed E-state index contributed by atoms with van der Waals surface area (Å²) in [5, 5.41) is 0. The van der Waals surface area contributed by atoms with Crippen LogP contribution >= 0.6 is 0 Å². The molecule has 0 bridgehead atoms. The molecular formula is C14H12O4. The summed E-state index contributed by atoms with van der Waals surface area (Å²) in [6, 6.07) is 0. The molecule has 1 unspecified atom stereocenters. The molecule has 3 rings (SSSR count). The van der Waals surface area contributed by atoms with E-state index in [-0.39, 0.29) is 25.2 Å². The lowest BCUT2D eigenvalue weighted by Gasteiger charge is -2.33. The molecule has 1 saturated heterocycles. The molecule has 1 spiro atoms. The maximum Gasteiger partial charge on any atom is 0.339 e. The third-order valence-electron chi connectivity index (χ3n) is 3.92. The van der Waals surface area contributed by atoms with Crippen LogP contribution in [0.1, 0.15) is 6.42 Å². The summed E-state index contributed by atoms with van der Waals surface area (Å²) < 4.78 is 10.1. The van der Waals surface area contributed by atoms with E-state index in [1.54, 1.807) is 0 Å². The lowest BCUT2D eigenvalue weighted by molar-refractivity contribution is -0.144. The zero-order valence-electron chi connectivity index (χ0n) is 9.88. The molecule has 18 heavy (non-hydrogen) atoms. The molecule has 0 aromatic heterocycles. The van der Waals surface area contributed by atoms with E-state index in [9.17, 15) is 9.59 Å². The molecular weight excluding hydrogens is 232 g/mol. The van der Waals surface area contributed by atoms with Gasteiger partial charge in [-0.25, -0.2) is 4.79 Å². The highest BCUT2D eigenvalue weighted by atomic mass is 16.5. The van der Waals surface area contributed by atoms with Gasteiger partial charge in [0.15, 0.2) is 0 Å². The summed E-state index contributed by atoms with van der Waals surface area (Å²) in [5.41, 5.74) is 1.97. The number of ether oxygens (including phenoxy) is 2. The fourth-order valence-electron chi connectivity index (χ4n) is 2.83. The minimum absolute atomic E-state index is 0.197. The molecule has 3 aliphatic rings. The number of carbonyl (C=O) groups is 2. The number of carbonyl (C=O) groups excluding carboxylic acids is 2. The number of cyclic esters (lactones) is 2. The number of hydrogen-bond donors (Lipinski definition) is 0. The van der Waals surface area contributed by atoms with E-state index in [1.165, 1.54) is 0 Å². The Morgan fingerprint density at radius 2 is 1.78 bits per heavy atom. The molecule has 0 aromatic rings. The van der Waals surface area contributed by atoms with Crippen LogP contribution in [0.4, 0.5) is 0 Å². The molecule has 4 nitrogen and oxygen atoms in total. The summed E-state index contributed by atoms with van der Waals surface area (Å²) >= 11 is 0. The first kappa shape index (κ1) is 11.0. The molecule has 0 amide bonds. The monoisotopic (exact) mass is 244 g/mol. The highest BCUT2D eigenvalue weighted by Gasteiger charge is 2.55. The van der Waals surface area contributed by atoms with Crippen LogP contribution in [0.25, 0.3) is 0 Å². The summed E-state index contributed by atoms with van der Waals surface area (Å²) in [5.74, 6) is -0.743. The van der Waals surface area contributed by atoms with Gasteiger partial charge in [-0.05, 0) is 28.7 Å². The Bertz CT molecular complexity index is 561. The van der Waals surface area contributed by atoms with Crippen LogP contribution in [0.3, 0.4) is 0 Å². The van der Waals surface area contributed by atoms with Gasteiger partial charge in [0.2, 0.25) is 0 Å². The average Bonchev–Trinajstić information content (AvgIpc) is 2.83. The fourth-order valence-corrected chi connectivity index (χ4v) is 2.83. The molecule has 4 heteroatoms. The Balaban J connectivity index is 2.18. The Labute approximate surface area is 104 Å². The van der Waals surface area contributed by atoms with Gasteiger partial charge in [0.25, 0.3) is 0 Å². The third kappa shape index (κ3) is 1.05. The average molecular weight is 244 g/mol. The number of rotatable bonds is 0. The van der Waals surface area contributed by atoms with Gasteiger partial charge in [0, 0.05) is 0 Å². The molecule has 2 heterocycles. The zero-order valence-corrected chi connectivity index (χ0v) is 9.88. The van der Waals surface area contributed by atoms with Crippen LogP contribution in [0.5, 0.6) is 0 Å². The van der Waals surface area contributed by atoms with E-state index >= 15 is 0 Å². The van der Waals surface area contributed by atoms with Crippen molar-refractivity contribution in [3.8, 4) is 0 Å². The SMILES string of the molecule is C=C1C(=C)C2(CC3=C1C(=O)OC3)C(=C)COC2=O. The normalized spacial score (nSPS) is 31.0. The Morgan fingerprint density at radius 1 is 1.06 bits per heavy atom. The fraction of sp³-hybridized carbons (Fsp3) is 0.286. The second-order valence-electron chi connectivity index (χ2n) is 4.77. The van der Waals surface area contributed by atoms with Crippen LogP contribution < -0.4 is 0 Å². The quantitative estimate of drug-likeness (QED) is 0.478. The predicted molar refractivity (Wildman–Crippen MR) is 63.4 cm³/mol. The number of esters is 2. The molecule has 1 atom stereocenters. The second-order valence-corrected chi connectivity index (χ2v) is 4.77. The first-order valence-electron chi connectivity index (χ1n) is 5.62. The molecule has 0 saturated carbocycles. The molecule has 0 radical (unpaired) electrons. The highest BCUT2D eigenvalue weighted by molar-refractivity contribution is 6.02. The van der Waals surface area contributed by atoms with Gasteiger partial charge in [-0.3, -0.25) is 4.79 Å². The summed E-state index contributed by atoms with van der Waals surface area (Å²) in [6.07, 6.45) is 0.365. The molecule has 1 fully saturated rings. The summed E-state index contributed by atoms with van der Waals surface area (Å²) in [7, 11) is 0. The molecule has 92 valence electrons. The summed E-state index contributed by atoms with van der Waals surface area (Å²) in [6.45, 7) is 12.1. The Kier molecular flexibility index (Phi) is 1.97. The van der Waals surface area contributed by atoms with E-state index in [2.05, 4.69) is 19.7 Å². The summed E-state index contributed by atoms with van der Waals surface area (Å²) in [4.78, 5) is 23.7.